The van der Waals surface area contributed by atoms with Crippen molar-refractivity contribution in [3.63, 3.8) is 0 Å². The molecule has 1 aromatic carbocycles. The van der Waals surface area contributed by atoms with Gasteiger partial charge in [-0.1, -0.05) is 43.7 Å². The Morgan fingerprint density at radius 2 is 1.77 bits per heavy atom. The molecule has 1 aliphatic carbocycles. The molecule has 0 spiro atoms. The second-order valence-corrected chi connectivity index (χ2v) is 10.7. The van der Waals surface area contributed by atoms with Crippen LogP contribution < -0.4 is 0 Å². The summed E-state index contributed by atoms with van der Waals surface area (Å²) in [7, 11) is -1.06. The van der Waals surface area contributed by atoms with Crippen molar-refractivity contribution in [1.82, 2.24) is 9.80 Å². The van der Waals surface area contributed by atoms with E-state index in [1.165, 1.54) is 6.20 Å². The number of benzene rings is 1. The minimum absolute atomic E-state index is 0.113. The number of ketones is 1. The van der Waals surface area contributed by atoms with Crippen molar-refractivity contribution < 1.29 is 22.2 Å². The number of carbonyl (C=O) groups excluding carboxylic acids is 1. The number of nitrogens with zero attached hydrogens (tertiary/aromatic N) is 2. The van der Waals surface area contributed by atoms with Crippen LogP contribution in [0.15, 0.2) is 64.7 Å². The molecule has 35 heavy (non-hydrogen) atoms. The average Bonchev–Trinajstić information content (AvgIpc) is 3.23. The van der Waals surface area contributed by atoms with Crippen molar-refractivity contribution in [3.05, 3.63) is 64.9 Å². The molecule has 0 N–H and O–H groups in total. The number of Topliss-reactive ketones (excluding diaryl/α,β-unsaturated/α-hetero) is 1. The third-order valence-corrected chi connectivity index (χ3v) is 8.48. The summed E-state index contributed by atoms with van der Waals surface area (Å²) in [5.41, 5.74) is 0.229. The van der Waals surface area contributed by atoms with Crippen LogP contribution in [0.4, 0.5) is 13.2 Å². The van der Waals surface area contributed by atoms with Crippen molar-refractivity contribution in [1.29, 1.82) is 0 Å². The van der Waals surface area contributed by atoms with Crippen LogP contribution in [0.3, 0.4) is 0 Å². The van der Waals surface area contributed by atoms with Gasteiger partial charge in [0.2, 0.25) is 0 Å². The van der Waals surface area contributed by atoms with Gasteiger partial charge in [-0.3, -0.25) is 9.00 Å². The van der Waals surface area contributed by atoms with Gasteiger partial charge in [0.25, 0.3) is 5.78 Å². The highest BCUT2D eigenvalue weighted by molar-refractivity contribution is 7.85. The van der Waals surface area contributed by atoms with Gasteiger partial charge in [0.1, 0.15) is 0 Å². The first-order valence-corrected chi connectivity index (χ1v) is 13.7. The molecule has 2 unspecified atom stereocenters. The van der Waals surface area contributed by atoms with Crippen LogP contribution in [-0.4, -0.2) is 63.4 Å². The maximum absolute atomic E-state index is 13.0. The van der Waals surface area contributed by atoms with E-state index in [9.17, 15) is 22.2 Å². The molecule has 0 saturated carbocycles. The zero-order chi connectivity index (χ0) is 25.6. The molecule has 4 nitrogen and oxygen atoms in total. The van der Waals surface area contributed by atoms with Crippen LogP contribution in [0.25, 0.3) is 0 Å². The van der Waals surface area contributed by atoms with Gasteiger partial charge in [-0.05, 0) is 75.2 Å². The first kappa shape index (κ1) is 27.7. The molecule has 0 amide bonds. The monoisotopic (exact) mass is 528 g/mol. The lowest BCUT2D eigenvalue weighted by molar-refractivity contribution is -0.166. The number of hydrogen-bond donors (Lipinski definition) is 0. The summed E-state index contributed by atoms with van der Waals surface area (Å²) in [6, 6.07) is 6.94. The molecule has 2 aliphatic heterocycles. The lowest BCUT2D eigenvalue weighted by Crippen LogP contribution is -2.39. The third kappa shape index (κ3) is 6.86. The molecule has 1 aromatic rings. The smallest absolute Gasteiger partial charge is 0.369 e. The summed E-state index contributed by atoms with van der Waals surface area (Å²) in [5, 5.41) is 0.738. The molecule has 192 valence electrons. The lowest BCUT2D eigenvalue weighted by atomic mass is 9.93. The van der Waals surface area contributed by atoms with Crippen molar-refractivity contribution in [2.24, 2.45) is 0 Å². The zero-order valence-electron chi connectivity index (χ0n) is 20.1. The highest BCUT2D eigenvalue weighted by Crippen LogP contribution is 2.36. The molecule has 4 rings (SSSR count). The summed E-state index contributed by atoms with van der Waals surface area (Å²) < 4.78 is 51.8. The predicted octanol–water partition coefficient (Wildman–Crippen LogP) is 5.91. The van der Waals surface area contributed by atoms with E-state index in [1.54, 1.807) is 24.3 Å². The van der Waals surface area contributed by atoms with E-state index in [0.29, 0.717) is 23.6 Å². The highest BCUT2D eigenvalue weighted by atomic mass is 35.5. The van der Waals surface area contributed by atoms with Crippen LogP contribution in [0.1, 0.15) is 39.5 Å². The van der Waals surface area contributed by atoms with E-state index in [2.05, 4.69) is 4.90 Å². The molecule has 0 aromatic heterocycles. The largest absolute Gasteiger partial charge is 0.454 e. The van der Waals surface area contributed by atoms with Crippen LogP contribution in [-0.2, 0) is 15.6 Å². The standard InChI is InChI=1S/C24H26ClF3N2O2S.C2H6/c25-17-6-8-18(9-7-17)33(32)19-10-14-29(15-11-19)12-3-13-30-16-21(23(31)24(26,27)28)20-4-1-2-5-22(20)30;1-2/h1-2,4,6-9,16,19,22H,3,5,10-15H2;1-2H3. The second-order valence-electron chi connectivity index (χ2n) is 8.56. The molecule has 0 radical (unpaired) electrons. The van der Waals surface area contributed by atoms with Gasteiger partial charge < -0.3 is 9.80 Å². The van der Waals surface area contributed by atoms with Crippen LogP contribution >= 0.6 is 11.6 Å². The average molecular weight is 529 g/mol. The van der Waals surface area contributed by atoms with Crippen LogP contribution in [0.5, 0.6) is 0 Å². The van der Waals surface area contributed by atoms with Gasteiger partial charge in [-0.25, -0.2) is 0 Å². The fourth-order valence-electron chi connectivity index (χ4n) is 4.68. The Bertz CT molecular complexity index is 997. The molecular formula is C26H32ClF3N2O2S. The molecule has 9 heteroatoms. The normalized spacial score (nSPS) is 21.5. The van der Waals surface area contributed by atoms with Gasteiger partial charge in [-0.15, -0.1) is 0 Å². The van der Waals surface area contributed by atoms with Crippen LogP contribution in [0.2, 0.25) is 5.02 Å². The third-order valence-electron chi connectivity index (χ3n) is 6.41. The maximum atomic E-state index is 13.0. The summed E-state index contributed by atoms with van der Waals surface area (Å²) in [6.45, 7) is 7.08. The van der Waals surface area contributed by atoms with Gasteiger partial charge in [0.05, 0.1) is 16.8 Å². The Hall–Kier alpha value is -1.90. The van der Waals surface area contributed by atoms with Gasteiger partial charge in [0, 0.05) is 33.5 Å². The Morgan fingerprint density at radius 1 is 1.11 bits per heavy atom. The van der Waals surface area contributed by atoms with Crippen molar-refractivity contribution in [3.8, 4) is 0 Å². The molecule has 3 aliphatic rings. The van der Waals surface area contributed by atoms with Gasteiger partial charge >= 0.3 is 6.18 Å². The SMILES string of the molecule is CC.O=C(C1=CN(CCCN2CCC(S(=O)c3ccc(Cl)cc3)CC2)C2CC=CC=C12)C(F)(F)F. The topological polar surface area (TPSA) is 40.6 Å². The second kappa shape index (κ2) is 12.4. The number of rotatable bonds is 7. The Morgan fingerprint density at radius 3 is 2.40 bits per heavy atom. The fourth-order valence-corrected chi connectivity index (χ4v) is 6.23. The minimum Gasteiger partial charge on any atom is -0.369 e. The van der Waals surface area contributed by atoms with Gasteiger partial charge in [0.15, 0.2) is 0 Å². The maximum Gasteiger partial charge on any atom is 0.454 e. The van der Waals surface area contributed by atoms with Crippen molar-refractivity contribution >= 4 is 28.2 Å². The first-order valence-electron chi connectivity index (χ1n) is 12.1. The van der Waals surface area contributed by atoms with Crippen molar-refractivity contribution in [2.75, 3.05) is 26.2 Å². The summed E-state index contributed by atoms with van der Waals surface area (Å²) in [4.78, 5) is 16.9. The van der Waals surface area contributed by atoms with Gasteiger partial charge in [-0.2, -0.15) is 13.2 Å². The number of hydrogen-bond acceptors (Lipinski definition) is 4. The lowest BCUT2D eigenvalue weighted by Gasteiger charge is -2.32. The molecule has 1 saturated heterocycles. The number of halogens is 4. The van der Waals surface area contributed by atoms with E-state index < -0.39 is 22.8 Å². The fraction of sp³-hybridized carbons (Fsp3) is 0.500. The number of likely N-dealkylation sites (tertiary alicyclic amines) is 1. The number of piperidine rings is 1. The minimum atomic E-state index is -4.87. The Balaban J connectivity index is 0.00000167. The van der Waals surface area contributed by atoms with Crippen LogP contribution in [0, 0.1) is 0 Å². The molecule has 2 heterocycles. The Kier molecular flexibility index (Phi) is 9.78. The van der Waals surface area contributed by atoms with Crippen molar-refractivity contribution in [2.45, 2.75) is 61.9 Å². The van der Waals surface area contributed by atoms with E-state index in [1.807, 2.05) is 37.0 Å². The molecule has 0 bridgehead atoms. The number of allylic oxidation sites excluding steroid dienone is 2. The number of fused-ring (bicyclic) bond motifs is 1. The van der Waals surface area contributed by atoms with E-state index in [-0.39, 0.29) is 16.9 Å². The molecule has 2 atom stereocenters. The molecule has 1 fully saturated rings. The predicted molar refractivity (Wildman–Crippen MR) is 135 cm³/mol. The first-order chi connectivity index (χ1) is 16.7. The van der Waals surface area contributed by atoms with E-state index in [0.717, 1.165) is 43.8 Å². The highest BCUT2D eigenvalue weighted by Gasteiger charge is 2.45. The number of carbonyl (C=O) groups is 1. The van der Waals surface area contributed by atoms with E-state index in [4.69, 9.17) is 11.6 Å². The Labute approximate surface area is 213 Å². The summed E-state index contributed by atoms with van der Waals surface area (Å²) >= 11 is 5.91. The zero-order valence-corrected chi connectivity index (χ0v) is 21.6. The summed E-state index contributed by atoms with van der Waals surface area (Å²) in [6.07, 6.45) is 4.82. The number of alkyl halides is 3. The quantitative estimate of drug-likeness (QED) is 0.441. The summed E-state index contributed by atoms with van der Waals surface area (Å²) in [5.74, 6) is -1.77. The molecular weight excluding hydrogens is 497 g/mol. The van der Waals surface area contributed by atoms with E-state index >= 15 is 0 Å².